The van der Waals surface area contributed by atoms with Crippen LogP contribution in [0.5, 0.6) is 0 Å². The summed E-state index contributed by atoms with van der Waals surface area (Å²) in [7, 11) is -2.65. The Balaban J connectivity index is 2.28. The monoisotopic (exact) mass is 335 g/mol. The molecule has 0 bridgehead atoms. The van der Waals surface area contributed by atoms with E-state index >= 15 is 0 Å². The van der Waals surface area contributed by atoms with Crippen LogP contribution in [0.4, 0.5) is 5.69 Å². The van der Waals surface area contributed by atoms with Crippen molar-refractivity contribution in [3.05, 3.63) is 70.3 Å². The van der Waals surface area contributed by atoms with E-state index in [1.165, 1.54) is 25.2 Å². The summed E-state index contributed by atoms with van der Waals surface area (Å²) in [6.45, 7) is 0.0123. The normalized spacial score (nSPS) is 13.0. The Bertz CT molecular complexity index is 793. The number of nitro benzene ring substituents is 1. The number of benzene rings is 2. The van der Waals surface area contributed by atoms with Gasteiger partial charge in [-0.25, -0.2) is 8.42 Å². The van der Waals surface area contributed by atoms with Crippen LogP contribution in [-0.4, -0.2) is 31.2 Å². The predicted octanol–water partition coefficient (Wildman–Crippen LogP) is 1.92. The van der Waals surface area contributed by atoms with E-state index in [1.54, 1.807) is 12.1 Å². The van der Waals surface area contributed by atoms with Crippen LogP contribution in [0.15, 0.2) is 59.5 Å². The second-order valence-corrected chi connectivity index (χ2v) is 7.04. The quantitative estimate of drug-likeness (QED) is 0.641. The Morgan fingerprint density at radius 2 is 1.70 bits per heavy atom. The fourth-order valence-electron chi connectivity index (χ4n) is 2.17. The molecule has 8 heteroatoms. The lowest BCUT2D eigenvalue weighted by Crippen LogP contribution is -2.34. The number of sulfonamides is 1. The van der Waals surface area contributed by atoms with Gasteiger partial charge in [0.15, 0.2) is 4.90 Å². The van der Waals surface area contributed by atoms with Crippen LogP contribution < -0.4 is 5.73 Å². The van der Waals surface area contributed by atoms with Gasteiger partial charge >= 0.3 is 0 Å². The molecule has 0 fully saturated rings. The largest absolute Gasteiger partial charge is 0.323 e. The summed E-state index contributed by atoms with van der Waals surface area (Å²) in [5.41, 5.74) is 6.37. The molecule has 122 valence electrons. The van der Waals surface area contributed by atoms with Crippen molar-refractivity contribution in [3.8, 4) is 0 Å². The highest BCUT2D eigenvalue weighted by Gasteiger charge is 2.30. The molecule has 0 aliphatic rings. The van der Waals surface area contributed by atoms with Crippen molar-refractivity contribution in [1.82, 2.24) is 4.31 Å². The minimum absolute atomic E-state index is 0.0123. The number of para-hydroxylation sites is 1. The van der Waals surface area contributed by atoms with Crippen LogP contribution in [0.2, 0.25) is 0 Å². The van der Waals surface area contributed by atoms with E-state index in [1.807, 2.05) is 18.2 Å². The lowest BCUT2D eigenvalue weighted by molar-refractivity contribution is -0.387. The Morgan fingerprint density at radius 3 is 2.30 bits per heavy atom. The summed E-state index contributed by atoms with van der Waals surface area (Å²) >= 11 is 0. The molecule has 1 atom stereocenters. The van der Waals surface area contributed by atoms with Crippen molar-refractivity contribution in [2.75, 3.05) is 13.6 Å². The zero-order chi connectivity index (χ0) is 17.0. The number of likely N-dealkylation sites (N-methyl/N-ethyl adjacent to an activating group) is 1. The molecule has 0 aromatic heterocycles. The van der Waals surface area contributed by atoms with E-state index in [9.17, 15) is 18.5 Å². The van der Waals surface area contributed by atoms with Gasteiger partial charge in [0.25, 0.3) is 5.69 Å². The van der Waals surface area contributed by atoms with E-state index < -0.39 is 26.7 Å². The number of nitrogens with two attached hydrogens (primary N) is 1. The molecule has 0 heterocycles. The summed E-state index contributed by atoms with van der Waals surface area (Å²) < 4.78 is 26.2. The summed E-state index contributed by atoms with van der Waals surface area (Å²) in [6.07, 6.45) is 0. The first-order chi connectivity index (χ1) is 10.8. The van der Waals surface area contributed by atoms with Crippen LogP contribution in [0, 0.1) is 10.1 Å². The van der Waals surface area contributed by atoms with Crippen LogP contribution in [0.25, 0.3) is 0 Å². The van der Waals surface area contributed by atoms with Gasteiger partial charge in [0.05, 0.1) is 4.92 Å². The highest BCUT2D eigenvalue weighted by Crippen LogP contribution is 2.26. The van der Waals surface area contributed by atoms with Crippen molar-refractivity contribution in [2.24, 2.45) is 5.73 Å². The SMILES string of the molecule is CN(C[C@@H](N)c1ccccc1)S(=O)(=O)c1ccccc1[N+](=O)[O-]. The lowest BCUT2D eigenvalue weighted by atomic mass is 10.1. The number of nitro groups is 1. The van der Waals surface area contributed by atoms with Gasteiger partial charge < -0.3 is 5.73 Å². The van der Waals surface area contributed by atoms with Gasteiger partial charge in [-0.3, -0.25) is 10.1 Å². The highest BCUT2D eigenvalue weighted by molar-refractivity contribution is 7.89. The third-order valence-corrected chi connectivity index (χ3v) is 5.30. The molecule has 0 radical (unpaired) electrons. The summed E-state index contributed by atoms with van der Waals surface area (Å²) in [4.78, 5) is 9.98. The Hall–Kier alpha value is -2.29. The van der Waals surface area contributed by atoms with Gasteiger partial charge in [-0.2, -0.15) is 4.31 Å². The van der Waals surface area contributed by atoms with E-state index in [0.29, 0.717) is 0 Å². The molecule has 0 amide bonds. The molecule has 2 rings (SSSR count). The summed E-state index contributed by atoms with van der Waals surface area (Å²) in [5.74, 6) is 0. The summed E-state index contributed by atoms with van der Waals surface area (Å²) in [6, 6.07) is 13.8. The van der Waals surface area contributed by atoms with Crippen molar-refractivity contribution < 1.29 is 13.3 Å². The van der Waals surface area contributed by atoms with Gasteiger partial charge in [-0.15, -0.1) is 0 Å². The highest BCUT2D eigenvalue weighted by atomic mass is 32.2. The van der Waals surface area contributed by atoms with E-state index in [2.05, 4.69) is 0 Å². The van der Waals surface area contributed by atoms with Crippen LogP contribution >= 0.6 is 0 Å². The van der Waals surface area contributed by atoms with E-state index in [0.717, 1.165) is 15.9 Å². The number of hydrogen-bond donors (Lipinski definition) is 1. The molecule has 2 aromatic carbocycles. The lowest BCUT2D eigenvalue weighted by Gasteiger charge is -2.21. The topological polar surface area (TPSA) is 107 Å². The van der Waals surface area contributed by atoms with Gasteiger partial charge in [0, 0.05) is 25.7 Å². The molecule has 0 aliphatic heterocycles. The third-order valence-electron chi connectivity index (χ3n) is 3.43. The molecule has 0 aliphatic carbocycles. The second-order valence-electron chi connectivity index (χ2n) is 5.03. The first-order valence-corrected chi connectivity index (χ1v) is 8.28. The average molecular weight is 335 g/mol. The molecule has 0 unspecified atom stereocenters. The molecule has 0 spiro atoms. The van der Waals surface area contributed by atoms with Crippen molar-refractivity contribution >= 4 is 15.7 Å². The number of hydrogen-bond acceptors (Lipinski definition) is 5. The number of rotatable bonds is 6. The zero-order valence-electron chi connectivity index (χ0n) is 12.5. The maximum atomic E-state index is 12.6. The van der Waals surface area contributed by atoms with Gasteiger partial charge in [-0.05, 0) is 11.6 Å². The fraction of sp³-hybridized carbons (Fsp3) is 0.200. The minimum atomic E-state index is -4.01. The van der Waals surface area contributed by atoms with E-state index in [-0.39, 0.29) is 11.4 Å². The van der Waals surface area contributed by atoms with Gasteiger partial charge in [0.2, 0.25) is 10.0 Å². The van der Waals surface area contributed by atoms with Gasteiger partial charge in [0.1, 0.15) is 0 Å². The zero-order valence-corrected chi connectivity index (χ0v) is 13.3. The Kier molecular flexibility index (Phi) is 5.09. The predicted molar refractivity (Wildman–Crippen MR) is 86.3 cm³/mol. The molecular weight excluding hydrogens is 318 g/mol. The Morgan fingerprint density at radius 1 is 1.13 bits per heavy atom. The molecule has 0 saturated heterocycles. The molecule has 2 aromatic rings. The van der Waals surface area contributed by atoms with Crippen molar-refractivity contribution in [3.63, 3.8) is 0 Å². The first-order valence-electron chi connectivity index (χ1n) is 6.84. The molecule has 2 N–H and O–H groups in total. The molecule has 7 nitrogen and oxygen atoms in total. The Labute approximate surface area is 134 Å². The van der Waals surface area contributed by atoms with Crippen molar-refractivity contribution in [2.45, 2.75) is 10.9 Å². The van der Waals surface area contributed by atoms with Crippen molar-refractivity contribution in [1.29, 1.82) is 0 Å². The average Bonchev–Trinajstić information content (AvgIpc) is 2.55. The number of nitrogens with zero attached hydrogens (tertiary/aromatic N) is 2. The van der Waals surface area contributed by atoms with Crippen LogP contribution in [0.3, 0.4) is 0 Å². The summed E-state index contributed by atoms with van der Waals surface area (Å²) in [5, 5.41) is 11.0. The standard InChI is InChI=1S/C15H17N3O4S/c1-17(11-13(16)12-7-3-2-4-8-12)23(21,22)15-10-6-5-9-14(15)18(19)20/h2-10,13H,11,16H2,1H3/t13-/m1/s1. The maximum absolute atomic E-state index is 12.6. The molecular formula is C15H17N3O4S. The second kappa shape index (κ2) is 6.86. The van der Waals surface area contributed by atoms with Gasteiger partial charge in [-0.1, -0.05) is 42.5 Å². The smallest absolute Gasteiger partial charge is 0.289 e. The fourth-order valence-corrected chi connectivity index (χ4v) is 3.52. The molecule has 23 heavy (non-hydrogen) atoms. The van der Waals surface area contributed by atoms with Crippen LogP contribution in [0.1, 0.15) is 11.6 Å². The maximum Gasteiger partial charge on any atom is 0.289 e. The first kappa shape index (κ1) is 17.1. The van der Waals surface area contributed by atoms with E-state index in [4.69, 9.17) is 5.73 Å². The molecule has 0 saturated carbocycles. The third kappa shape index (κ3) is 3.73. The minimum Gasteiger partial charge on any atom is -0.323 e. The van der Waals surface area contributed by atoms with Crippen LogP contribution in [-0.2, 0) is 10.0 Å².